The van der Waals surface area contributed by atoms with Gasteiger partial charge in [0.05, 0.1) is 17.9 Å². The van der Waals surface area contributed by atoms with Crippen molar-refractivity contribution < 1.29 is 9.53 Å². The molecule has 30 heavy (non-hydrogen) atoms. The molecule has 7 heteroatoms. The molecule has 4 heterocycles. The van der Waals surface area contributed by atoms with E-state index in [4.69, 9.17) is 9.72 Å². The number of carbonyl (C=O) groups is 1. The third-order valence-corrected chi connectivity index (χ3v) is 6.68. The molecule has 0 radical (unpaired) electrons. The van der Waals surface area contributed by atoms with E-state index >= 15 is 0 Å². The molecule has 0 unspecified atom stereocenters. The number of amides is 1. The highest BCUT2D eigenvalue weighted by Gasteiger charge is 2.32. The minimum atomic E-state index is -0.0210. The number of pyridine rings is 1. The maximum absolute atomic E-state index is 12.6. The van der Waals surface area contributed by atoms with Gasteiger partial charge in [-0.25, -0.2) is 4.98 Å². The zero-order chi connectivity index (χ0) is 20.9. The lowest BCUT2D eigenvalue weighted by molar-refractivity contribution is 0.0948. The van der Waals surface area contributed by atoms with E-state index in [9.17, 15) is 4.79 Å². The fourth-order valence-electron chi connectivity index (χ4n) is 3.90. The van der Waals surface area contributed by atoms with Crippen molar-refractivity contribution in [2.24, 2.45) is 5.41 Å². The van der Waals surface area contributed by atoms with Crippen LogP contribution in [0.3, 0.4) is 0 Å². The summed E-state index contributed by atoms with van der Waals surface area (Å²) in [6.07, 6.45) is 2.67. The van der Waals surface area contributed by atoms with Crippen molar-refractivity contribution in [3.63, 3.8) is 0 Å². The van der Waals surface area contributed by atoms with Crippen LogP contribution in [-0.2, 0) is 6.42 Å². The van der Waals surface area contributed by atoms with E-state index < -0.39 is 0 Å². The number of benzene rings is 1. The van der Waals surface area contributed by atoms with E-state index in [1.165, 1.54) is 11.3 Å². The molecular weight excluding hydrogens is 396 g/mol. The quantitative estimate of drug-likeness (QED) is 0.667. The Labute approximate surface area is 179 Å². The highest BCUT2D eigenvalue weighted by molar-refractivity contribution is 7.17. The van der Waals surface area contributed by atoms with Crippen LogP contribution in [0.15, 0.2) is 36.5 Å². The molecule has 0 atom stereocenters. The largest absolute Gasteiger partial charge is 0.490 e. The molecule has 2 aromatic heterocycles. The lowest BCUT2D eigenvalue weighted by Gasteiger charge is -2.29. The van der Waals surface area contributed by atoms with Crippen molar-refractivity contribution in [3.05, 3.63) is 52.8 Å². The van der Waals surface area contributed by atoms with Crippen molar-refractivity contribution in [2.75, 3.05) is 24.6 Å². The predicted molar refractivity (Wildman–Crippen MR) is 119 cm³/mol. The molecule has 6 nitrogen and oxygen atoms in total. The van der Waals surface area contributed by atoms with Gasteiger partial charge in [0.1, 0.15) is 17.2 Å². The summed E-state index contributed by atoms with van der Waals surface area (Å²) in [5, 5.41) is 3.89. The maximum atomic E-state index is 12.6. The van der Waals surface area contributed by atoms with Crippen LogP contribution >= 0.6 is 11.3 Å². The van der Waals surface area contributed by atoms with E-state index in [0.29, 0.717) is 19.7 Å². The second kappa shape index (κ2) is 7.09. The first-order valence-electron chi connectivity index (χ1n) is 10.1. The van der Waals surface area contributed by atoms with Crippen molar-refractivity contribution >= 4 is 28.1 Å². The van der Waals surface area contributed by atoms with Crippen molar-refractivity contribution in [3.8, 4) is 16.9 Å². The topological polar surface area (TPSA) is 67.4 Å². The monoisotopic (exact) mass is 420 g/mol. The normalized spacial score (nSPS) is 17.4. The SMILES string of the molecule is Cc1ccc(-c2ccc3c(c2)N(c2nc4c(s2)C(=O)NCC(C)(C)C4)CCO3)cn1. The molecular formula is C23H24N4O2S. The van der Waals surface area contributed by atoms with Crippen LogP contribution in [0.1, 0.15) is 34.9 Å². The molecule has 0 bridgehead atoms. The summed E-state index contributed by atoms with van der Waals surface area (Å²) < 4.78 is 5.90. The lowest BCUT2D eigenvalue weighted by atomic mass is 9.88. The zero-order valence-electron chi connectivity index (χ0n) is 17.4. The number of carbonyl (C=O) groups excluding carboxylic acids is 1. The third kappa shape index (κ3) is 3.43. The summed E-state index contributed by atoms with van der Waals surface area (Å²) in [4.78, 5) is 24.8. The van der Waals surface area contributed by atoms with E-state index in [0.717, 1.165) is 50.4 Å². The number of aryl methyl sites for hydroxylation is 1. The minimum Gasteiger partial charge on any atom is -0.490 e. The second-order valence-corrected chi connectivity index (χ2v) is 9.64. The molecule has 0 aliphatic carbocycles. The van der Waals surface area contributed by atoms with Gasteiger partial charge in [-0.3, -0.25) is 9.78 Å². The number of nitrogens with zero attached hydrogens (tertiary/aromatic N) is 3. The molecule has 154 valence electrons. The highest BCUT2D eigenvalue weighted by Crippen LogP contribution is 2.42. The summed E-state index contributed by atoms with van der Waals surface area (Å²) >= 11 is 1.47. The van der Waals surface area contributed by atoms with Crippen LogP contribution in [0.5, 0.6) is 5.75 Å². The average Bonchev–Trinajstić information content (AvgIpc) is 3.10. The average molecular weight is 421 g/mol. The van der Waals surface area contributed by atoms with Gasteiger partial charge < -0.3 is 15.0 Å². The summed E-state index contributed by atoms with van der Waals surface area (Å²) in [5.74, 6) is 0.813. The zero-order valence-corrected chi connectivity index (χ0v) is 18.2. The number of rotatable bonds is 2. The third-order valence-electron chi connectivity index (χ3n) is 5.56. The number of thiazole rings is 1. The standard InChI is InChI=1S/C23H24N4O2S/c1-14-4-5-16(12-24-14)15-6-7-19-18(10-15)27(8-9-29-19)22-26-17-11-23(2,3)13-25-21(28)20(17)30-22/h4-7,10,12H,8-9,11,13H2,1-3H3,(H,25,28). The number of anilines is 2. The number of fused-ring (bicyclic) bond motifs is 2. The van der Waals surface area contributed by atoms with Crippen molar-refractivity contribution in [1.29, 1.82) is 0 Å². The molecule has 1 amide bonds. The Morgan fingerprint density at radius 2 is 2.03 bits per heavy atom. The van der Waals surface area contributed by atoms with Gasteiger partial charge in [0.25, 0.3) is 5.91 Å². The van der Waals surface area contributed by atoms with E-state index in [2.05, 4.69) is 47.2 Å². The van der Waals surface area contributed by atoms with Crippen LogP contribution in [0, 0.1) is 12.3 Å². The van der Waals surface area contributed by atoms with Gasteiger partial charge in [0.2, 0.25) is 0 Å². The fraction of sp³-hybridized carbons (Fsp3) is 0.348. The number of aromatic nitrogens is 2. The Kier molecular flexibility index (Phi) is 4.50. The Bertz CT molecular complexity index is 1120. The molecule has 0 saturated carbocycles. The molecule has 0 spiro atoms. The molecule has 0 saturated heterocycles. The molecule has 5 rings (SSSR count). The van der Waals surface area contributed by atoms with Crippen LogP contribution in [0.25, 0.3) is 11.1 Å². The van der Waals surface area contributed by atoms with Gasteiger partial charge in [0, 0.05) is 24.0 Å². The Hall–Kier alpha value is -2.93. The number of ether oxygens (including phenoxy) is 1. The highest BCUT2D eigenvalue weighted by atomic mass is 32.1. The first-order valence-corrected chi connectivity index (χ1v) is 11.0. The lowest BCUT2D eigenvalue weighted by Crippen LogP contribution is -2.32. The second-order valence-electron chi connectivity index (χ2n) is 8.67. The number of hydrogen-bond acceptors (Lipinski definition) is 6. The van der Waals surface area contributed by atoms with E-state index in [1.54, 1.807) is 0 Å². The van der Waals surface area contributed by atoms with Crippen molar-refractivity contribution in [2.45, 2.75) is 27.2 Å². The Morgan fingerprint density at radius 1 is 1.20 bits per heavy atom. The molecule has 1 aromatic carbocycles. The van der Waals surface area contributed by atoms with Gasteiger partial charge >= 0.3 is 0 Å². The Balaban J connectivity index is 1.55. The summed E-state index contributed by atoms with van der Waals surface area (Å²) in [5.41, 5.74) is 4.98. The smallest absolute Gasteiger partial charge is 0.263 e. The van der Waals surface area contributed by atoms with Crippen LogP contribution in [-0.4, -0.2) is 35.6 Å². The van der Waals surface area contributed by atoms with Crippen LogP contribution in [0.4, 0.5) is 10.8 Å². The Morgan fingerprint density at radius 3 is 2.83 bits per heavy atom. The molecule has 1 N–H and O–H groups in total. The molecule has 3 aromatic rings. The van der Waals surface area contributed by atoms with E-state index in [-0.39, 0.29) is 11.3 Å². The first-order chi connectivity index (χ1) is 14.4. The molecule has 0 fully saturated rings. The first kappa shape index (κ1) is 19.1. The number of hydrogen-bond donors (Lipinski definition) is 1. The van der Waals surface area contributed by atoms with Gasteiger partial charge in [-0.15, -0.1) is 0 Å². The van der Waals surface area contributed by atoms with E-state index in [1.807, 2.05) is 25.3 Å². The minimum absolute atomic E-state index is 0.0131. The van der Waals surface area contributed by atoms with Gasteiger partial charge in [0.15, 0.2) is 5.13 Å². The van der Waals surface area contributed by atoms with Crippen molar-refractivity contribution in [1.82, 2.24) is 15.3 Å². The van der Waals surface area contributed by atoms with Gasteiger partial charge in [-0.05, 0) is 42.5 Å². The summed E-state index contributed by atoms with van der Waals surface area (Å²) in [6, 6.07) is 10.3. The predicted octanol–water partition coefficient (Wildman–Crippen LogP) is 4.36. The summed E-state index contributed by atoms with van der Waals surface area (Å²) in [6.45, 7) is 8.25. The summed E-state index contributed by atoms with van der Waals surface area (Å²) in [7, 11) is 0. The molecule has 2 aliphatic heterocycles. The maximum Gasteiger partial charge on any atom is 0.263 e. The molecule has 2 aliphatic rings. The number of nitrogens with one attached hydrogen (secondary N) is 1. The van der Waals surface area contributed by atoms with Crippen LogP contribution in [0.2, 0.25) is 0 Å². The van der Waals surface area contributed by atoms with Gasteiger partial charge in [-0.2, -0.15) is 0 Å². The fourth-order valence-corrected chi connectivity index (χ4v) is 4.94. The van der Waals surface area contributed by atoms with Crippen LogP contribution < -0.4 is 15.0 Å². The van der Waals surface area contributed by atoms with Gasteiger partial charge in [-0.1, -0.05) is 37.3 Å².